The highest BCUT2D eigenvalue weighted by atomic mass is 127. The van der Waals surface area contributed by atoms with Crippen molar-refractivity contribution in [3.8, 4) is 11.6 Å². The van der Waals surface area contributed by atoms with Crippen LogP contribution in [0.25, 0.3) is 0 Å². The molecular weight excluding hydrogens is 319 g/mol. The van der Waals surface area contributed by atoms with Gasteiger partial charge in [0.1, 0.15) is 11.6 Å². The first kappa shape index (κ1) is 11.1. The van der Waals surface area contributed by atoms with Crippen molar-refractivity contribution in [3.05, 3.63) is 50.1 Å². The van der Waals surface area contributed by atoms with Crippen LogP contribution in [0.1, 0.15) is 5.82 Å². The lowest BCUT2D eigenvalue weighted by atomic mass is 10.3. The Morgan fingerprint density at radius 2 is 2.12 bits per heavy atom. The molecule has 0 fully saturated rings. The Kier molecular flexibility index (Phi) is 3.23. The maximum Gasteiger partial charge on any atom is 0.254 e. The molecule has 0 atom stereocenters. The second kappa shape index (κ2) is 4.65. The molecule has 0 bridgehead atoms. The smallest absolute Gasteiger partial charge is 0.254 e. The highest BCUT2D eigenvalue weighted by molar-refractivity contribution is 14.1. The summed E-state index contributed by atoms with van der Waals surface area (Å²) < 4.78 is 6.50. The van der Waals surface area contributed by atoms with Crippen molar-refractivity contribution in [2.75, 3.05) is 0 Å². The fraction of sp³-hybridized carbons (Fsp3) is 0.0909. The van der Waals surface area contributed by atoms with Crippen LogP contribution in [0.15, 0.2) is 35.1 Å². The maximum absolute atomic E-state index is 11.2. The van der Waals surface area contributed by atoms with Gasteiger partial charge in [-0.1, -0.05) is 12.1 Å². The first-order chi connectivity index (χ1) is 7.65. The SMILES string of the molecule is Cc1nc(Oc2ccccc2I)cc(=O)[nH]1. The van der Waals surface area contributed by atoms with E-state index < -0.39 is 0 Å². The number of halogens is 1. The number of nitrogens with zero attached hydrogens (tertiary/aromatic N) is 1. The average molecular weight is 328 g/mol. The van der Waals surface area contributed by atoms with Gasteiger partial charge in [0, 0.05) is 0 Å². The highest BCUT2D eigenvalue weighted by Crippen LogP contribution is 2.24. The van der Waals surface area contributed by atoms with Crippen molar-refractivity contribution in [2.24, 2.45) is 0 Å². The first-order valence-corrected chi connectivity index (χ1v) is 5.73. The van der Waals surface area contributed by atoms with Gasteiger partial charge in [0.25, 0.3) is 5.56 Å². The van der Waals surface area contributed by atoms with E-state index in [0.717, 1.165) is 3.57 Å². The number of nitrogens with one attached hydrogen (secondary N) is 1. The van der Waals surface area contributed by atoms with E-state index in [4.69, 9.17) is 4.74 Å². The van der Waals surface area contributed by atoms with Crippen molar-refractivity contribution in [2.45, 2.75) is 6.92 Å². The molecule has 2 rings (SSSR count). The summed E-state index contributed by atoms with van der Waals surface area (Å²) in [5.74, 6) is 1.54. The minimum Gasteiger partial charge on any atom is -0.438 e. The summed E-state index contributed by atoms with van der Waals surface area (Å²) in [6.45, 7) is 1.71. The van der Waals surface area contributed by atoms with Crippen LogP contribution in [0.3, 0.4) is 0 Å². The minimum atomic E-state index is -0.214. The molecule has 5 heteroatoms. The largest absolute Gasteiger partial charge is 0.438 e. The van der Waals surface area contributed by atoms with Crippen LogP contribution in [0.5, 0.6) is 11.6 Å². The zero-order valence-electron chi connectivity index (χ0n) is 8.53. The Balaban J connectivity index is 2.34. The average Bonchev–Trinajstić information content (AvgIpc) is 2.20. The van der Waals surface area contributed by atoms with E-state index in [1.54, 1.807) is 6.92 Å². The molecule has 0 unspecified atom stereocenters. The van der Waals surface area contributed by atoms with Gasteiger partial charge in [0.05, 0.1) is 9.64 Å². The number of aromatic amines is 1. The second-order valence-electron chi connectivity index (χ2n) is 3.20. The van der Waals surface area contributed by atoms with Crippen LogP contribution in [0.4, 0.5) is 0 Å². The molecule has 16 heavy (non-hydrogen) atoms. The minimum absolute atomic E-state index is 0.214. The van der Waals surface area contributed by atoms with Crippen LogP contribution in [0.2, 0.25) is 0 Å². The van der Waals surface area contributed by atoms with Gasteiger partial charge in [-0.05, 0) is 41.6 Å². The number of rotatable bonds is 2. The van der Waals surface area contributed by atoms with Gasteiger partial charge in [-0.3, -0.25) is 4.79 Å². The van der Waals surface area contributed by atoms with Crippen molar-refractivity contribution in [3.63, 3.8) is 0 Å². The van der Waals surface area contributed by atoms with Gasteiger partial charge < -0.3 is 9.72 Å². The van der Waals surface area contributed by atoms with Crippen LogP contribution < -0.4 is 10.3 Å². The van der Waals surface area contributed by atoms with E-state index in [1.165, 1.54) is 6.07 Å². The molecule has 2 aromatic rings. The summed E-state index contributed by atoms with van der Waals surface area (Å²) in [4.78, 5) is 17.9. The third kappa shape index (κ3) is 2.60. The summed E-state index contributed by atoms with van der Waals surface area (Å²) in [5, 5.41) is 0. The Hall–Kier alpha value is -1.37. The molecule has 0 aliphatic rings. The lowest BCUT2D eigenvalue weighted by Gasteiger charge is -2.06. The number of benzene rings is 1. The Morgan fingerprint density at radius 3 is 2.81 bits per heavy atom. The number of ether oxygens (including phenoxy) is 1. The third-order valence-electron chi connectivity index (χ3n) is 1.89. The van der Waals surface area contributed by atoms with E-state index in [9.17, 15) is 4.79 Å². The summed E-state index contributed by atoms with van der Waals surface area (Å²) in [6, 6.07) is 8.88. The molecule has 1 N–H and O–H groups in total. The number of para-hydroxylation sites is 1. The van der Waals surface area contributed by atoms with E-state index in [2.05, 4.69) is 32.6 Å². The van der Waals surface area contributed by atoms with Crippen LogP contribution in [-0.2, 0) is 0 Å². The van der Waals surface area contributed by atoms with E-state index >= 15 is 0 Å². The number of hydrogen-bond acceptors (Lipinski definition) is 3. The molecule has 0 saturated heterocycles. The lowest BCUT2D eigenvalue weighted by molar-refractivity contribution is 0.455. The Labute approximate surface area is 106 Å². The number of hydrogen-bond donors (Lipinski definition) is 1. The zero-order valence-corrected chi connectivity index (χ0v) is 10.7. The van der Waals surface area contributed by atoms with Crippen molar-refractivity contribution >= 4 is 22.6 Å². The summed E-state index contributed by atoms with van der Waals surface area (Å²) in [5.41, 5.74) is -0.214. The Morgan fingerprint density at radius 1 is 1.38 bits per heavy atom. The van der Waals surface area contributed by atoms with Crippen LogP contribution in [0, 0.1) is 10.5 Å². The first-order valence-electron chi connectivity index (χ1n) is 4.65. The molecule has 82 valence electrons. The summed E-state index contributed by atoms with van der Waals surface area (Å²) in [6.07, 6.45) is 0. The molecule has 0 spiro atoms. The molecule has 1 aromatic carbocycles. The van der Waals surface area contributed by atoms with Crippen molar-refractivity contribution < 1.29 is 4.74 Å². The van der Waals surface area contributed by atoms with Crippen LogP contribution in [-0.4, -0.2) is 9.97 Å². The summed E-state index contributed by atoms with van der Waals surface area (Å²) in [7, 11) is 0. The van der Waals surface area contributed by atoms with E-state index in [1.807, 2.05) is 24.3 Å². The molecule has 4 nitrogen and oxygen atoms in total. The second-order valence-corrected chi connectivity index (χ2v) is 4.36. The van der Waals surface area contributed by atoms with Gasteiger partial charge in [0.15, 0.2) is 0 Å². The van der Waals surface area contributed by atoms with Crippen LogP contribution >= 0.6 is 22.6 Å². The third-order valence-corrected chi connectivity index (χ3v) is 2.78. The predicted molar refractivity (Wildman–Crippen MR) is 68.8 cm³/mol. The summed E-state index contributed by atoms with van der Waals surface area (Å²) >= 11 is 2.17. The van der Waals surface area contributed by atoms with Gasteiger partial charge in [-0.15, -0.1) is 0 Å². The van der Waals surface area contributed by atoms with Crippen molar-refractivity contribution in [1.29, 1.82) is 0 Å². The maximum atomic E-state index is 11.2. The Bertz CT molecular complexity index is 566. The number of H-pyrrole nitrogens is 1. The highest BCUT2D eigenvalue weighted by Gasteiger charge is 2.03. The fourth-order valence-electron chi connectivity index (χ4n) is 1.24. The van der Waals surface area contributed by atoms with Gasteiger partial charge >= 0.3 is 0 Å². The lowest BCUT2D eigenvalue weighted by Crippen LogP contribution is -2.08. The molecule has 0 aliphatic heterocycles. The fourth-order valence-corrected chi connectivity index (χ4v) is 1.74. The molecule has 0 radical (unpaired) electrons. The molecule has 0 saturated carbocycles. The molecule has 1 aromatic heterocycles. The van der Waals surface area contributed by atoms with E-state index in [0.29, 0.717) is 17.5 Å². The number of aromatic nitrogens is 2. The normalized spacial score (nSPS) is 10.1. The molecule has 0 aliphatic carbocycles. The number of aryl methyl sites for hydroxylation is 1. The monoisotopic (exact) mass is 328 g/mol. The van der Waals surface area contributed by atoms with Gasteiger partial charge in [-0.2, -0.15) is 0 Å². The van der Waals surface area contributed by atoms with E-state index in [-0.39, 0.29) is 5.56 Å². The van der Waals surface area contributed by atoms with Crippen molar-refractivity contribution in [1.82, 2.24) is 9.97 Å². The van der Waals surface area contributed by atoms with Gasteiger partial charge in [0.2, 0.25) is 5.88 Å². The molecule has 1 heterocycles. The topological polar surface area (TPSA) is 55.0 Å². The standard InChI is InChI=1S/C11H9IN2O2/c1-7-13-10(15)6-11(14-7)16-9-5-3-2-4-8(9)12/h2-6H,1H3,(H,13,14,15). The molecule has 0 amide bonds. The molecular formula is C11H9IN2O2. The van der Waals surface area contributed by atoms with Gasteiger partial charge in [-0.25, -0.2) is 4.98 Å². The predicted octanol–water partition coefficient (Wildman–Crippen LogP) is 2.48. The zero-order chi connectivity index (χ0) is 11.5. The quantitative estimate of drug-likeness (QED) is 0.862.